The number of aliphatic hydroxyl groups is 1. The van der Waals surface area contributed by atoms with Crippen LogP contribution in [0.2, 0.25) is 10.0 Å². The van der Waals surface area contributed by atoms with Gasteiger partial charge in [0.2, 0.25) is 10.0 Å². The second kappa shape index (κ2) is 11.3. The van der Waals surface area contributed by atoms with E-state index in [1.807, 2.05) is 18.2 Å². The Morgan fingerprint density at radius 1 is 1.15 bits per heavy atom. The van der Waals surface area contributed by atoms with Crippen LogP contribution in [0.15, 0.2) is 58.9 Å². The number of hydrogen-bond donors (Lipinski definition) is 2. The van der Waals surface area contributed by atoms with Crippen molar-refractivity contribution in [1.29, 1.82) is 0 Å². The molecular formula is C23H25Cl2N3O4S2. The molecule has 34 heavy (non-hydrogen) atoms. The number of sulfonamides is 1. The van der Waals surface area contributed by atoms with Crippen molar-refractivity contribution in [1.82, 2.24) is 14.6 Å². The van der Waals surface area contributed by atoms with Crippen molar-refractivity contribution in [3.05, 3.63) is 64.8 Å². The Hall–Kier alpha value is -1.72. The molecule has 1 aromatic carbocycles. The van der Waals surface area contributed by atoms with Gasteiger partial charge in [-0.25, -0.2) is 13.1 Å². The van der Waals surface area contributed by atoms with Gasteiger partial charge in [0.15, 0.2) is 0 Å². The van der Waals surface area contributed by atoms with Crippen LogP contribution in [-0.2, 0) is 10.0 Å². The maximum atomic E-state index is 12.7. The maximum absolute atomic E-state index is 12.7. The zero-order chi connectivity index (χ0) is 24.1. The van der Waals surface area contributed by atoms with Crippen LogP contribution < -0.4 is 9.46 Å². The smallest absolute Gasteiger partial charge is 0.250 e. The maximum Gasteiger partial charge on any atom is 0.250 e. The van der Waals surface area contributed by atoms with Gasteiger partial charge in [0.25, 0.3) is 0 Å². The van der Waals surface area contributed by atoms with Gasteiger partial charge in [-0.05, 0) is 49.2 Å². The number of aliphatic hydroxyl groups excluding tert-OH is 1. The molecular weight excluding hydrogens is 517 g/mol. The van der Waals surface area contributed by atoms with Gasteiger partial charge in [0.1, 0.15) is 16.1 Å². The Labute approximate surface area is 213 Å². The quantitative estimate of drug-likeness (QED) is 0.419. The van der Waals surface area contributed by atoms with Crippen LogP contribution in [0.5, 0.6) is 5.75 Å². The zero-order valence-electron chi connectivity index (χ0n) is 18.2. The van der Waals surface area contributed by atoms with Gasteiger partial charge in [-0.3, -0.25) is 4.98 Å². The lowest BCUT2D eigenvalue weighted by Crippen LogP contribution is -2.44. The largest absolute Gasteiger partial charge is 0.490 e. The number of pyridine rings is 1. The third kappa shape index (κ3) is 6.69. The predicted octanol–water partition coefficient (Wildman–Crippen LogP) is 4.30. The van der Waals surface area contributed by atoms with Crippen molar-refractivity contribution < 1.29 is 18.3 Å². The average molecular weight is 543 g/mol. The Balaban J connectivity index is 1.22. The molecule has 1 saturated heterocycles. The van der Waals surface area contributed by atoms with E-state index in [0.29, 0.717) is 22.3 Å². The summed E-state index contributed by atoms with van der Waals surface area (Å²) >= 11 is 13.1. The van der Waals surface area contributed by atoms with Crippen molar-refractivity contribution in [3.8, 4) is 16.3 Å². The lowest BCUT2D eigenvalue weighted by atomic mass is 10.1. The van der Waals surface area contributed by atoms with Crippen molar-refractivity contribution in [2.45, 2.75) is 29.3 Å². The normalized spacial score (nSPS) is 16.4. The Kier molecular flexibility index (Phi) is 8.47. The minimum Gasteiger partial charge on any atom is -0.490 e. The molecule has 0 amide bonds. The van der Waals surface area contributed by atoms with Gasteiger partial charge in [-0.2, -0.15) is 0 Å². The number of piperidine rings is 1. The molecule has 0 spiro atoms. The number of nitrogens with zero attached hydrogens (tertiary/aromatic N) is 2. The first-order chi connectivity index (χ1) is 16.3. The molecule has 182 valence electrons. The molecule has 2 aromatic heterocycles. The molecule has 1 atom stereocenters. The monoisotopic (exact) mass is 541 g/mol. The van der Waals surface area contributed by atoms with Crippen molar-refractivity contribution in [3.63, 3.8) is 0 Å². The molecule has 4 rings (SSSR count). The predicted molar refractivity (Wildman–Crippen MR) is 135 cm³/mol. The fraction of sp³-hybridized carbons (Fsp3) is 0.348. The summed E-state index contributed by atoms with van der Waals surface area (Å²) in [6, 6.07) is 14.0. The summed E-state index contributed by atoms with van der Waals surface area (Å²) in [6.07, 6.45) is 2.49. The summed E-state index contributed by atoms with van der Waals surface area (Å²) in [5, 5.41) is 11.4. The number of ether oxygens (including phenoxy) is 1. The molecule has 0 aliphatic carbocycles. The van der Waals surface area contributed by atoms with E-state index in [1.54, 1.807) is 36.5 Å². The molecule has 0 bridgehead atoms. The minimum absolute atomic E-state index is 0.0521. The number of halogens is 2. The lowest BCUT2D eigenvalue weighted by Gasteiger charge is -2.33. The first-order valence-electron chi connectivity index (χ1n) is 10.8. The standard InChI is InChI=1S/C23H25Cl2N3O4S2/c24-19-5-4-18(13-20(19)25)32-17-8-11-28(12-9-17)15-16(29)14-27-34(30,31)23-7-6-22(33-23)21-3-1-2-10-26-21/h1-7,10,13,16-17,27,29H,8-9,11-12,14-15H2/t16-/m1/s1. The number of benzene rings is 1. The molecule has 1 aliphatic rings. The molecule has 0 radical (unpaired) electrons. The van der Waals surface area contributed by atoms with E-state index in [2.05, 4.69) is 14.6 Å². The summed E-state index contributed by atoms with van der Waals surface area (Å²) in [5.41, 5.74) is 0.723. The second-order valence-corrected chi connectivity index (χ2v) is 11.9. The van der Waals surface area contributed by atoms with E-state index in [-0.39, 0.29) is 16.9 Å². The molecule has 7 nitrogen and oxygen atoms in total. The third-order valence-electron chi connectivity index (χ3n) is 5.47. The summed E-state index contributed by atoms with van der Waals surface area (Å²) < 4.78 is 34.0. The van der Waals surface area contributed by atoms with Crippen LogP contribution in [0.4, 0.5) is 0 Å². The van der Waals surface area contributed by atoms with Gasteiger partial charge in [-0.15, -0.1) is 11.3 Å². The molecule has 2 N–H and O–H groups in total. The molecule has 0 saturated carbocycles. The van der Waals surface area contributed by atoms with Crippen molar-refractivity contribution in [2.24, 2.45) is 0 Å². The highest BCUT2D eigenvalue weighted by Gasteiger charge is 2.24. The number of likely N-dealkylation sites (tertiary alicyclic amines) is 1. The Morgan fingerprint density at radius 2 is 1.94 bits per heavy atom. The lowest BCUT2D eigenvalue weighted by molar-refractivity contribution is 0.0630. The highest BCUT2D eigenvalue weighted by atomic mass is 35.5. The summed E-state index contributed by atoms with van der Waals surface area (Å²) in [5.74, 6) is 0.682. The van der Waals surface area contributed by atoms with E-state index >= 15 is 0 Å². The highest BCUT2D eigenvalue weighted by molar-refractivity contribution is 7.91. The molecule has 11 heteroatoms. The van der Waals surface area contributed by atoms with Crippen LogP contribution in [0.25, 0.3) is 10.6 Å². The first-order valence-corrected chi connectivity index (χ1v) is 13.9. The molecule has 1 fully saturated rings. The van der Waals surface area contributed by atoms with Crippen molar-refractivity contribution in [2.75, 3.05) is 26.2 Å². The fourth-order valence-corrected chi connectivity index (χ4v) is 6.39. The SMILES string of the molecule is O=S(=O)(NC[C@@H](O)CN1CCC(Oc2ccc(Cl)c(Cl)c2)CC1)c1ccc(-c2ccccn2)s1. The number of hydrogen-bond acceptors (Lipinski definition) is 7. The highest BCUT2D eigenvalue weighted by Crippen LogP contribution is 2.30. The molecule has 3 aromatic rings. The van der Waals surface area contributed by atoms with Gasteiger partial charge in [0, 0.05) is 38.4 Å². The van der Waals surface area contributed by atoms with E-state index in [9.17, 15) is 13.5 Å². The van der Waals surface area contributed by atoms with Crippen LogP contribution in [0.1, 0.15) is 12.8 Å². The molecule has 3 heterocycles. The van der Waals surface area contributed by atoms with Crippen LogP contribution in [-0.4, -0.2) is 61.8 Å². The Morgan fingerprint density at radius 3 is 2.65 bits per heavy atom. The zero-order valence-corrected chi connectivity index (χ0v) is 21.4. The van der Waals surface area contributed by atoms with Gasteiger partial charge >= 0.3 is 0 Å². The van der Waals surface area contributed by atoms with E-state index in [4.69, 9.17) is 27.9 Å². The first kappa shape index (κ1) is 25.4. The minimum atomic E-state index is -3.71. The number of β-amino-alcohol motifs (C(OH)–C–C–N with tert-alkyl or cyclic N) is 1. The Bertz CT molecular complexity index is 1200. The van der Waals surface area contributed by atoms with E-state index in [1.165, 1.54) is 0 Å². The van der Waals surface area contributed by atoms with Gasteiger partial charge in [0.05, 0.1) is 26.7 Å². The number of thiophene rings is 1. The number of nitrogens with one attached hydrogen (secondary N) is 1. The van der Waals surface area contributed by atoms with Crippen LogP contribution in [0.3, 0.4) is 0 Å². The number of rotatable bonds is 9. The summed E-state index contributed by atoms with van der Waals surface area (Å²) in [7, 11) is -3.71. The van der Waals surface area contributed by atoms with E-state index in [0.717, 1.165) is 47.8 Å². The third-order valence-corrected chi connectivity index (χ3v) is 9.23. The van der Waals surface area contributed by atoms with Crippen LogP contribution in [0, 0.1) is 0 Å². The topological polar surface area (TPSA) is 91.8 Å². The van der Waals surface area contributed by atoms with Gasteiger partial charge in [-0.1, -0.05) is 29.3 Å². The van der Waals surface area contributed by atoms with Crippen LogP contribution >= 0.6 is 34.5 Å². The average Bonchev–Trinajstić information content (AvgIpc) is 3.34. The summed E-state index contributed by atoms with van der Waals surface area (Å²) in [6.45, 7) is 1.81. The fourth-order valence-electron chi connectivity index (χ4n) is 3.70. The summed E-state index contributed by atoms with van der Waals surface area (Å²) in [4.78, 5) is 7.13. The van der Waals surface area contributed by atoms with Crippen molar-refractivity contribution >= 4 is 44.6 Å². The number of aromatic nitrogens is 1. The second-order valence-electron chi connectivity index (χ2n) is 8.03. The van der Waals surface area contributed by atoms with Gasteiger partial charge < -0.3 is 14.7 Å². The molecule has 0 unspecified atom stereocenters. The van der Waals surface area contributed by atoms with E-state index < -0.39 is 16.1 Å². The molecule has 1 aliphatic heterocycles.